The topological polar surface area (TPSA) is 54.0 Å². The molecule has 0 saturated heterocycles. The minimum atomic E-state index is -0.143. The summed E-state index contributed by atoms with van der Waals surface area (Å²) in [6, 6.07) is 17.2. The van der Waals surface area contributed by atoms with Crippen molar-refractivity contribution in [2.24, 2.45) is 0 Å². The molecule has 2 N–H and O–H groups in total. The molecule has 1 amide bonds. The Morgan fingerprint density at radius 1 is 0.850 bits per heavy atom. The Hall–Kier alpha value is -2.88. The Bertz CT molecular complexity index is 842. The number of hydrogen-bond donors (Lipinski definition) is 2. The molecule has 0 aliphatic carbocycles. The summed E-state index contributed by atoms with van der Waals surface area (Å²) in [5.74, 6) is 0.446. The fourth-order valence-corrected chi connectivity index (χ4v) is 2.40. The van der Waals surface area contributed by atoms with Gasteiger partial charge in [0, 0.05) is 5.39 Å². The van der Waals surface area contributed by atoms with Gasteiger partial charge in [0.15, 0.2) is 0 Å². The number of carbonyl (C=O) groups is 1. The third-order valence-corrected chi connectivity index (χ3v) is 3.40. The lowest BCUT2D eigenvalue weighted by Crippen LogP contribution is -2.11. The molecule has 2 aromatic carbocycles. The van der Waals surface area contributed by atoms with Crippen molar-refractivity contribution in [1.29, 1.82) is 0 Å². The van der Waals surface area contributed by atoms with E-state index in [0.717, 1.165) is 22.3 Å². The van der Waals surface area contributed by atoms with E-state index in [4.69, 9.17) is 0 Å². The molecule has 0 spiro atoms. The van der Waals surface area contributed by atoms with Crippen LogP contribution >= 0.6 is 0 Å². The van der Waals surface area contributed by atoms with Crippen LogP contribution < -0.4 is 10.6 Å². The monoisotopic (exact) mass is 261 g/mol. The number of amides is 1. The predicted octanol–water partition coefficient (Wildman–Crippen LogP) is 3.54. The van der Waals surface area contributed by atoms with E-state index in [1.807, 2.05) is 54.6 Å². The van der Waals surface area contributed by atoms with Crippen molar-refractivity contribution in [3.8, 4) is 0 Å². The van der Waals surface area contributed by atoms with E-state index in [1.165, 1.54) is 0 Å². The minimum Gasteiger partial charge on any atom is -0.338 e. The maximum atomic E-state index is 12.3. The molecule has 0 unspecified atom stereocenters. The van der Waals surface area contributed by atoms with Crippen LogP contribution in [0.3, 0.4) is 0 Å². The molecule has 0 bridgehead atoms. The standard InChI is InChI=1S/C16H11N3O/c20-16-11-9-10-5-1-2-6-12(10)17-15(11)18-13-7-3-4-8-14(13)19-16/h1-9H,(H,17,18)(H,19,20). The van der Waals surface area contributed by atoms with E-state index in [2.05, 4.69) is 15.6 Å². The van der Waals surface area contributed by atoms with Gasteiger partial charge in [0.2, 0.25) is 0 Å². The number of pyridine rings is 1. The molecule has 1 aliphatic heterocycles. The van der Waals surface area contributed by atoms with Gasteiger partial charge in [0.05, 0.1) is 22.5 Å². The number of nitrogens with zero attached hydrogens (tertiary/aromatic N) is 1. The van der Waals surface area contributed by atoms with Crippen LogP contribution in [0.1, 0.15) is 10.4 Å². The van der Waals surface area contributed by atoms with Crippen molar-refractivity contribution in [1.82, 2.24) is 4.98 Å². The molecule has 0 fully saturated rings. The van der Waals surface area contributed by atoms with E-state index in [9.17, 15) is 4.79 Å². The smallest absolute Gasteiger partial charge is 0.259 e. The molecule has 4 rings (SSSR count). The zero-order chi connectivity index (χ0) is 13.5. The number of carbonyl (C=O) groups excluding carboxylic acids is 1. The van der Waals surface area contributed by atoms with Crippen molar-refractivity contribution in [3.05, 3.63) is 60.2 Å². The summed E-state index contributed by atoms with van der Waals surface area (Å²) in [5, 5.41) is 7.09. The minimum absolute atomic E-state index is 0.143. The second-order valence-corrected chi connectivity index (χ2v) is 4.70. The molecular weight excluding hydrogens is 250 g/mol. The zero-order valence-corrected chi connectivity index (χ0v) is 10.6. The number of anilines is 3. The van der Waals surface area contributed by atoms with Crippen LogP contribution in [0.25, 0.3) is 10.9 Å². The summed E-state index contributed by atoms with van der Waals surface area (Å²) in [7, 11) is 0. The molecule has 0 atom stereocenters. The van der Waals surface area contributed by atoms with E-state index in [1.54, 1.807) is 0 Å². The van der Waals surface area contributed by atoms with Crippen LogP contribution in [0.5, 0.6) is 0 Å². The Morgan fingerprint density at radius 2 is 1.55 bits per heavy atom. The highest BCUT2D eigenvalue weighted by atomic mass is 16.1. The van der Waals surface area contributed by atoms with Crippen LogP contribution in [-0.2, 0) is 0 Å². The van der Waals surface area contributed by atoms with Crippen LogP contribution in [0.2, 0.25) is 0 Å². The second-order valence-electron chi connectivity index (χ2n) is 4.70. The highest BCUT2D eigenvalue weighted by molar-refractivity contribution is 6.13. The van der Waals surface area contributed by atoms with Gasteiger partial charge < -0.3 is 10.6 Å². The highest BCUT2D eigenvalue weighted by Crippen LogP contribution is 2.31. The molecule has 96 valence electrons. The van der Waals surface area contributed by atoms with Crippen LogP contribution in [0.4, 0.5) is 17.2 Å². The number of rotatable bonds is 0. The molecule has 3 aromatic rings. The first-order valence-corrected chi connectivity index (χ1v) is 6.38. The van der Waals surface area contributed by atoms with Crippen molar-refractivity contribution >= 4 is 34.0 Å². The van der Waals surface area contributed by atoms with Gasteiger partial charge in [-0.3, -0.25) is 4.79 Å². The summed E-state index contributed by atoms with van der Waals surface area (Å²) < 4.78 is 0. The number of aromatic nitrogens is 1. The molecule has 20 heavy (non-hydrogen) atoms. The average molecular weight is 261 g/mol. The number of fused-ring (bicyclic) bond motifs is 3. The summed E-state index contributed by atoms with van der Waals surface area (Å²) >= 11 is 0. The van der Waals surface area contributed by atoms with E-state index in [-0.39, 0.29) is 5.91 Å². The van der Waals surface area contributed by atoms with Gasteiger partial charge in [-0.25, -0.2) is 4.98 Å². The Labute approximate surface area is 115 Å². The lowest BCUT2D eigenvalue weighted by Gasteiger charge is -2.08. The van der Waals surface area contributed by atoms with Crippen molar-refractivity contribution in [2.45, 2.75) is 0 Å². The van der Waals surface area contributed by atoms with Gasteiger partial charge in [0.1, 0.15) is 5.82 Å². The SMILES string of the molecule is O=C1Nc2ccccc2Nc2nc3ccccc3cc21. The van der Waals surface area contributed by atoms with Crippen molar-refractivity contribution < 1.29 is 4.79 Å². The first kappa shape index (κ1) is 11.0. The van der Waals surface area contributed by atoms with Gasteiger partial charge in [-0.05, 0) is 24.3 Å². The highest BCUT2D eigenvalue weighted by Gasteiger charge is 2.20. The molecule has 1 aliphatic rings. The number of hydrogen-bond acceptors (Lipinski definition) is 3. The average Bonchev–Trinajstić information content (AvgIpc) is 2.61. The summed E-state index contributed by atoms with van der Waals surface area (Å²) in [6.07, 6.45) is 0. The number of nitrogens with one attached hydrogen (secondary N) is 2. The fraction of sp³-hybridized carbons (Fsp3) is 0. The fourth-order valence-electron chi connectivity index (χ4n) is 2.40. The molecule has 0 saturated carbocycles. The third-order valence-electron chi connectivity index (χ3n) is 3.40. The summed E-state index contributed by atoms with van der Waals surface area (Å²) in [5.41, 5.74) is 3.03. The molecular formula is C16H11N3O. The maximum Gasteiger partial charge on any atom is 0.259 e. The third kappa shape index (κ3) is 1.62. The predicted molar refractivity (Wildman–Crippen MR) is 79.4 cm³/mol. The first-order valence-electron chi connectivity index (χ1n) is 6.38. The van der Waals surface area contributed by atoms with Crippen LogP contribution in [0.15, 0.2) is 54.6 Å². The maximum absolute atomic E-state index is 12.3. The van der Waals surface area contributed by atoms with Crippen molar-refractivity contribution in [3.63, 3.8) is 0 Å². The molecule has 1 aromatic heterocycles. The van der Waals surface area contributed by atoms with Gasteiger partial charge >= 0.3 is 0 Å². The van der Waals surface area contributed by atoms with Crippen LogP contribution in [0, 0.1) is 0 Å². The van der Waals surface area contributed by atoms with Gasteiger partial charge in [-0.2, -0.15) is 0 Å². The summed E-state index contributed by atoms with van der Waals surface area (Å²) in [6.45, 7) is 0. The molecule has 2 heterocycles. The number of para-hydroxylation sites is 3. The van der Waals surface area contributed by atoms with Gasteiger partial charge in [0.25, 0.3) is 5.91 Å². The zero-order valence-electron chi connectivity index (χ0n) is 10.6. The van der Waals surface area contributed by atoms with Crippen molar-refractivity contribution in [2.75, 3.05) is 10.6 Å². The van der Waals surface area contributed by atoms with E-state index in [0.29, 0.717) is 11.4 Å². The Morgan fingerprint density at radius 3 is 2.40 bits per heavy atom. The van der Waals surface area contributed by atoms with Gasteiger partial charge in [-0.1, -0.05) is 30.3 Å². The lowest BCUT2D eigenvalue weighted by atomic mass is 10.1. The van der Waals surface area contributed by atoms with E-state index >= 15 is 0 Å². The molecule has 4 heteroatoms. The quantitative estimate of drug-likeness (QED) is 0.650. The molecule has 0 radical (unpaired) electrons. The normalized spacial score (nSPS) is 12.9. The van der Waals surface area contributed by atoms with Gasteiger partial charge in [-0.15, -0.1) is 0 Å². The molecule has 4 nitrogen and oxygen atoms in total. The summed E-state index contributed by atoms with van der Waals surface area (Å²) in [4.78, 5) is 16.9. The second kappa shape index (κ2) is 4.06. The first-order chi connectivity index (χ1) is 9.81. The van der Waals surface area contributed by atoms with Crippen LogP contribution in [-0.4, -0.2) is 10.9 Å². The lowest BCUT2D eigenvalue weighted by molar-refractivity contribution is 0.102. The Balaban J connectivity index is 1.97. The Kier molecular flexibility index (Phi) is 2.23. The number of benzene rings is 2. The van der Waals surface area contributed by atoms with E-state index < -0.39 is 0 Å². The largest absolute Gasteiger partial charge is 0.338 e.